The second-order valence-electron chi connectivity index (χ2n) is 6.82. The topological polar surface area (TPSA) is 138 Å². The van der Waals surface area contributed by atoms with Crippen LogP contribution in [0.1, 0.15) is 22.5 Å². The first-order valence-corrected chi connectivity index (χ1v) is 9.95. The van der Waals surface area contributed by atoms with Gasteiger partial charge in [0.1, 0.15) is 16.0 Å². The molecule has 4 heterocycles. The number of tetrazole rings is 1. The molecule has 10 nitrogen and oxygen atoms in total. The number of nitrogen functional groups attached to an aromatic ring is 1. The number of amides is 1. The molecule has 3 aromatic rings. The summed E-state index contributed by atoms with van der Waals surface area (Å²) in [4.78, 5) is 19.4. The maximum atomic E-state index is 11.6. The summed E-state index contributed by atoms with van der Waals surface area (Å²) in [6, 6.07) is 1.96. The highest BCUT2D eigenvalue weighted by molar-refractivity contribution is 7.21. The Balaban J connectivity index is 1.43. The van der Waals surface area contributed by atoms with Crippen LogP contribution in [0.2, 0.25) is 0 Å². The molecule has 0 aliphatic carbocycles. The lowest BCUT2D eigenvalue weighted by atomic mass is 9.98. The summed E-state index contributed by atoms with van der Waals surface area (Å²) in [5.74, 6) is -0.0970. The fourth-order valence-electron chi connectivity index (χ4n) is 3.59. The van der Waals surface area contributed by atoms with Gasteiger partial charge in [-0.15, -0.1) is 16.4 Å². The normalized spacial score (nSPS) is 17.3. The van der Waals surface area contributed by atoms with E-state index in [1.807, 2.05) is 6.07 Å². The molecule has 0 spiro atoms. The zero-order valence-electron chi connectivity index (χ0n) is 15.3. The number of carbonyl (C=O) groups is 1. The summed E-state index contributed by atoms with van der Waals surface area (Å²) in [5, 5.41) is 11.9. The Morgan fingerprint density at radius 3 is 3.11 bits per heavy atom. The van der Waals surface area contributed by atoms with E-state index in [0.717, 1.165) is 41.8 Å². The molecule has 1 saturated heterocycles. The van der Waals surface area contributed by atoms with Crippen LogP contribution in [-0.4, -0.2) is 57.4 Å². The van der Waals surface area contributed by atoms with Crippen molar-refractivity contribution >= 4 is 38.8 Å². The first-order valence-electron chi connectivity index (χ1n) is 9.13. The number of pyridine rings is 1. The van der Waals surface area contributed by atoms with Gasteiger partial charge in [-0.3, -0.25) is 4.79 Å². The third-order valence-electron chi connectivity index (χ3n) is 4.90. The van der Waals surface area contributed by atoms with Crippen LogP contribution in [0.15, 0.2) is 18.6 Å². The van der Waals surface area contributed by atoms with Crippen molar-refractivity contribution in [2.24, 2.45) is 11.7 Å². The maximum absolute atomic E-state index is 11.6. The van der Waals surface area contributed by atoms with E-state index in [-0.39, 0.29) is 0 Å². The van der Waals surface area contributed by atoms with Crippen LogP contribution >= 0.6 is 11.3 Å². The van der Waals surface area contributed by atoms with Crippen molar-refractivity contribution in [3.8, 4) is 0 Å². The summed E-state index contributed by atoms with van der Waals surface area (Å²) in [6.45, 7) is 3.68. The molecule has 0 unspecified atom stereocenters. The molecule has 1 fully saturated rings. The number of anilines is 2. The minimum absolute atomic E-state index is 0.370. The number of hydrogen-bond acceptors (Lipinski definition) is 9. The number of hydrogen-bond donors (Lipinski definition) is 2. The molecule has 148 valence electrons. The fourth-order valence-corrected chi connectivity index (χ4v) is 4.52. The number of fused-ring (bicyclic) bond motifs is 1. The second kappa shape index (κ2) is 8.07. The lowest BCUT2D eigenvalue weighted by Gasteiger charge is -2.34. The maximum Gasteiger partial charge on any atom is 0.260 e. The summed E-state index contributed by atoms with van der Waals surface area (Å²) in [5.41, 5.74) is 13.1. The quantitative estimate of drug-likeness (QED) is 0.556. The number of nitrogens with two attached hydrogens (primary N) is 2. The number of rotatable bonds is 7. The summed E-state index contributed by atoms with van der Waals surface area (Å²) >= 11 is 1.25. The van der Waals surface area contributed by atoms with E-state index < -0.39 is 5.91 Å². The standard InChI is InChI=1S/C17H22N8O2S/c18-14-13-12(3-4-20-17(13)28-15(14)16(19)26)24-5-1-2-11(8-24)9-27-7-6-25-10-21-22-23-25/h3-4,10-11H,1-2,5-9,18H2,(H2,19,26)/t11-/m0/s1. The van der Waals surface area contributed by atoms with E-state index in [4.69, 9.17) is 16.2 Å². The smallest absolute Gasteiger partial charge is 0.260 e. The van der Waals surface area contributed by atoms with E-state index in [9.17, 15) is 4.79 Å². The van der Waals surface area contributed by atoms with Crippen molar-refractivity contribution in [1.82, 2.24) is 25.2 Å². The van der Waals surface area contributed by atoms with Crippen LogP contribution in [0.25, 0.3) is 10.2 Å². The first-order chi connectivity index (χ1) is 13.6. The van der Waals surface area contributed by atoms with Crippen molar-refractivity contribution in [2.75, 3.05) is 36.9 Å². The van der Waals surface area contributed by atoms with Crippen LogP contribution in [-0.2, 0) is 11.3 Å². The fraction of sp³-hybridized carbons (Fsp3) is 0.471. The van der Waals surface area contributed by atoms with Gasteiger partial charge in [0.05, 0.1) is 36.5 Å². The van der Waals surface area contributed by atoms with Crippen molar-refractivity contribution in [2.45, 2.75) is 19.4 Å². The summed E-state index contributed by atoms with van der Waals surface area (Å²) in [7, 11) is 0. The number of nitrogens with zero attached hydrogens (tertiary/aromatic N) is 6. The van der Waals surface area contributed by atoms with Crippen molar-refractivity contribution < 1.29 is 9.53 Å². The van der Waals surface area contributed by atoms with Gasteiger partial charge in [0.15, 0.2) is 0 Å². The van der Waals surface area contributed by atoms with E-state index in [1.54, 1.807) is 17.2 Å². The van der Waals surface area contributed by atoms with E-state index in [2.05, 4.69) is 25.4 Å². The Morgan fingerprint density at radius 1 is 1.43 bits per heavy atom. The Bertz CT molecular complexity index is 958. The third-order valence-corrected chi connectivity index (χ3v) is 6.03. The van der Waals surface area contributed by atoms with Crippen molar-refractivity contribution in [3.05, 3.63) is 23.5 Å². The highest BCUT2D eigenvalue weighted by atomic mass is 32.1. The van der Waals surface area contributed by atoms with Crippen LogP contribution in [0.4, 0.5) is 11.4 Å². The Morgan fingerprint density at radius 2 is 2.32 bits per heavy atom. The molecule has 1 aliphatic rings. The first kappa shape index (κ1) is 18.6. The number of ether oxygens (including phenoxy) is 1. The monoisotopic (exact) mass is 402 g/mol. The van der Waals surface area contributed by atoms with Crippen LogP contribution < -0.4 is 16.4 Å². The minimum Gasteiger partial charge on any atom is -0.397 e. The highest BCUT2D eigenvalue weighted by Crippen LogP contribution is 2.39. The highest BCUT2D eigenvalue weighted by Gasteiger charge is 2.25. The number of aromatic nitrogens is 5. The summed E-state index contributed by atoms with van der Waals surface area (Å²) in [6.07, 6.45) is 5.51. The van der Waals surface area contributed by atoms with Gasteiger partial charge in [-0.2, -0.15) is 0 Å². The molecule has 1 amide bonds. The molecule has 0 saturated carbocycles. The molecule has 1 aliphatic heterocycles. The zero-order valence-corrected chi connectivity index (χ0v) is 16.1. The number of piperidine rings is 1. The number of primary amides is 1. The van der Waals surface area contributed by atoms with E-state index >= 15 is 0 Å². The Hall–Kier alpha value is -2.79. The van der Waals surface area contributed by atoms with Crippen LogP contribution in [0, 0.1) is 5.92 Å². The van der Waals surface area contributed by atoms with Gasteiger partial charge in [0.25, 0.3) is 5.91 Å². The largest absolute Gasteiger partial charge is 0.397 e. The van der Waals surface area contributed by atoms with Crippen LogP contribution in [0.3, 0.4) is 0 Å². The summed E-state index contributed by atoms with van der Waals surface area (Å²) < 4.78 is 7.49. The van der Waals surface area contributed by atoms with Gasteiger partial charge in [-0.25, -0.2) is 9.67 Å². The zero-order chi connectivity index (χ0) is 19.5. The van der Waals surface area contributed by atoms with Gasteiger partial charge < -0.3 is 21.1 Å². The third kappa shape index (κ3) is 3.76. The second-order valence-corrected chi connectivity index (χ2v) is 7.82. The Kier molecular flexibility index (Phi) is 5.35. The minimum atomic E-state index is -0.515. The number of thiophene rings is 1. The molecule has 1 atom stereocenters. The molecular weight excluding hydrogens is 380 g/mol. The molecule has 0 aromatic carbocycles. The number of carbonyl (C=O) groups excluding carboxylic acids is 1. The van der Waals surface area contributed by atoms with Gasteiger partial charge in [-0.1, -0.05) is 0 Å². The van der Waals surface area contributed by atoms with Gasteiger partial charge in [-0.05, 0) is 35.3 Å². The molecular formula is C17H22N8O2S. The van der Waals surface area contributed by atoms with Crippen LogP contribution in [0.5, 0.6) is 0 Å². The lowest BCUT2D eigenvalue weighted by Crippen LogP contribution is -2.37. The van der Waals surface area contributed by atoms with E-state index in [1.165, 1.54) is 11.3 Å². The molecule has 3 aromatic heterocycles. The SMILES string of the molecule is NC(=O)c1sc2nccc(N3CCC[C@H](COCCn4cnnn4)C3)c2c1N. The van der Waals surface area contributed by atoms with Gasteiger partial charge >= 0.3 is 0 Å². The molecule has 28 heavy (non-hydrogen) atoms. The molecule has 0 radical (unpaired) electrons. The molecule has 0 bridgehead atoms. The van der Waals surface area contributed by atoms with Gasteiger partial charge in [0, 0.05) is 19.3 Å². The molecule has 11 heteroatoms. The van der Waals surface area contributed by atoms with Crippen molar-refractivity contribution in [1.29, 1.82) is 0 Å². The predicted octanol–water partition coefficient (Wildman–Crippen LogP) is 0.897. The molecule has 4 rings (SSSR count). The average Bonchev–Trinajstić information content (AvgIpc) is 3.33. The van der Waals surface area contributed by atoms with Crippen molar-refractivity contribution in [3.63, 3.8) is 0 Å². The Labute approximate surface area is 165 Å². The molecule has 4 N–H and O–H groups in total. The lowest BCUT2D eigenvalue weighted by molar-refractivity contribution is 0.0856. The van der Waals surface area contributed by atoms with E-state index in [0.29, 0.717) is 36.2 Å². The predicted molar refractivity (Wildman–Crippen MR) is 106 cm³/mol. The van der Waals surface area contributed by atoms with Gasteiger partial charge in [0.2, 0.25) is 0 Å². The average molecular weight is 402 g/mol.